The summed E-state index contributed by atoms with van der Waals surface area (Å²) in [5.74, 6) is -0.286. The van der Waals surface area contributed by atoms with Gasteiger partial charge in [-0.05, 0) is 49.4 Å². The van der Waals surface area contributed by atoms with Crippen LogP contribution in [0.1, 0.15) is 24.3 Å². The van der Waals surface area contributed by atoms with Crippen molar-refractivity contribution in [2.75, 3.05) is 6.54 Å². The molecule has 124 valence electrons. The van der Waals surface area contributed by atoms with Gasteiger partial charge >= 0.3 is 6.03 Å². The summed E-state index contributed by atoms with van der Waals surface area (Å²) in [4.78, 5) is 12.7. The smallest absolute Gasteiger partial charge is 0.315 e. The largest absolute Gasteiger partial charge is 0.383 e. The van der Waals surface area contributed by atoms with Crippen LogP contribution in [0, 0.1) is 5.82 Å². The van der Waals surface area contributed by atoms with Crippen LogP contribution in [0.25, 0.3) is 0 Å². The van der Waals surface area contributed by atoms with E-state index in [0.29, 0.717) is 6.42 Å². The van der Waals surface area contributed by atoms with Gasteiger partial charge in [0.25, 0.3) is 0 Å². The van der Waals surface area contributed by atoms with Crippen LogP contribution in [0.15, 0.2) is 41.8 Å². The maximum absolute atomic E-state index is 13.1. The lowest BCUT2D eigenvalue weighted by molar-refractivity contribution is 0.0630. The van der Waals surface area contributed by atoms with Crippen molar-refractivity contribution in [3.05, 3.63) is 58.0 Å². The molecule has 2 atom stereocenters. The van der Waals surface area contributed by atoms with E-state index >= 15 is 0 Å². The fourth-order valence-electron chi connectivity index (χ4n) is 2.27. The average molecular weight is 336 g/mol. The van der Waals surface area contributed by atoms with Crippen molar-refractivity contribution in [2.24, 2.45) is 0 Å². The zero-order valence-electron chi connectivity index (χ0n) is 13.2. The summed E-state index contributed by atoms with van der Waals surface area (Å²) in [5, 5.41) is 17.7. The van der Waals surface area contributed by atoms with Crippen LogP contribution in [0.4, 0.5) is 9.18 Å². The molecule has 0 aliphatic rings. The Kier molecular flexibility index (Phi) is 5.74. The van der Waals surface area contributed by atoms with Crippen molar-refractivity contribution in [3.63, 3.8) is 0 Å². The second-order valence-corrected chi connectivity index (χ2v) is 6.76. The van der Waals surface area contributed by atoms with E-state index < -0.39 is 5.60 Å². The van der Waals surface area contributed by atoms with Gasteiger partial charge in [0.1, 0.15) is 11.4 Å². The van der Waals surface area contributed by atoms with Gasteiger partial charge in [-0.15, -0.1) is 11.3 Å². The Hall–Kier alpha value is -1.92. The minimum atomic E-state index is -1.10. The predicted molar refractivity (Wildman–Crippen MR) is 90.0 cm³/mol. The van der Waals surface area contributed by atoms with Crippen LogP contribution in [-0.2, 0) is 12.0 Å². The topological polar surface area (TPSA) is 61.4 Å². The van der Waals surface area contributed by atoms with Gasteiger partial charge in [-0.25, -0.2) is 9.18 Å². The van der Waals surface area contributed by atoms with Crippen LogP contribution < -0.4 is 10.6 Å². The fourth-order valence-corrected chi connectivity index (χ4v) is 3.05. The molecule has 0 bridgehead atoms. The van der Waals surface area contributed by atoms with E-state index in [-0.39, 0.29) is 24.4 Å². The van der Waals surface area contributed by atoms with Crippen molar-refractivity contribution < 1.29 is 14.3 Å². The number of carbonyl (C=O) groups excluding carboxylic acids is 1. The van der Waals surface area contributed by atoms with E-state index in [2.05, 4.69) is 10.6 Å². The Morgan fingerprint density at radius 1 is 1.39 bits per heavy atom. The third-order valence-electron chi connectivity index (χ3n) is 3.45. The molecule has 1 heterocycles. The second kappa shape index (κ2) is 7.57. The predicted octanol–water partition coefficient (Wildman–Crippen LogP) is 3.03. The zero-order chi connectivity index (χ0) is 16.9. The van der Waals surface area contributed by atoms with Gasteiger partial charge in [-0.3, -0.25) is 0 Å². The molecule has 0 fully saturated rings. The number of urea groups is 1. The minimum absolute atomic E-state index is 0.117. The number of aliphatic hydroxyl groups is 1. The number of amides is 2. The monoisotopic (exact) mass is 336 g/mol. The Bertz CT molecular complexity index is 644. The van der Waals surface area contributed by atoms with E-state index in [1.165, 1.54) is 23.5 Å². The van der Waals surface area contributed by atoms with Gasteiger partial charge in [-0.1, -0.05) is 18.2 Å². The summed E-state index contributed by atoms with van der Waals surface area (Å²) in [7, 11) is 0. The summed E-state index contributed by atoms with van der Waals surface area (Å²) in [5.41, 5.74) is -0.277. The summed E-state index contributed by atoms with van der Waals surface area (Å²) in [6.45, 7) is 3.63. The molecule has 0 saturated carbocycles. The lowest BCUT2D eigenvalue weighted by Crippen LogP contribution is -2.46. The molecule has 2 amide bonds. The summed E-state index contributed by atoms with van der Waals surface area (Å²) < 4.78 is 13.1. The summed E-state index contributed by atoms with van der Waals surface area (Å²) in [6, 6.07) is 9.50. The molecule has 2 rings (SSSR count). The molecular formula is C17H21FN2O2S. The third kappa shape index (κ3) is 5.33. The van der Waals surface area contributed by atoms with Crippen molar-refractivity contribution in [3.8, 4) is 0 Å². The molecule has 0 radical (unpaired) electrons. The Morgan fingerprint density at radius 3 is 2.83 bits per heavy atom. The first-order valence-corrected chi connectivity index (χ1v) is 8.30. The molecule has 1 aromatic heterocycles. The Balaban J connectivity index is 1.80. The fraction of sp³-hybridized carbons (Fsp3) is 0.353. The summed E-state index contributed by atoms with van der Waals surface area (Å²) >= 11 is 1.44. The molecule has 0 saturated heterocycles. The minimum Gasteiger partial charge on any atom is -0.383 e. The molecule has 2 unspecified atom stereocenters. The molecule has 0 aliphatic heterocycles. The van der Waals surface area contributed by atoms with Crippen molar-refractivity contribution >= 4 is 17.4 Å². The van der Waals surface area contributed by atoms with E-state index in [4.69, 9.17) is 0 Å². The molecular weight excluding hydrogens is 315 g/mol. The van der Waals surface area contributed by atoms with Crippen LogP contribution in [0.3, 0.4) is 0 Å². The number of thiophene rings is 1. The SMILES string of the molecule is CC(Cc1cccc(F)c1)NC(=O)NCC(C)(O)c1cccs1. The highest BCUT2D eigenvalue weighted by Crippen LogP contribution is 2.24. The Morgan fingerprint density at radius 2 is 2.17 bits per heavy atom. The molecule has 23 heavy (non-hydrogen) atoms. The highest BCUT2D eigenvalue weighted by atomic mass is 32.1. The first-order valence-electron chi connectivity index (χ1n) is 7.42. The Labute approximate surface area is 139 Å². The van der Waals surface area contributed by atoms with E-state index in [1.807, 2.05) is 30.5 Å². The standard InChI is InChI=1S/C17H21FN2O2S/c1-12(9-13-5-3-6-14(18)10-13)20-16(21)19-11-17(2,22)15-7-4-8-23-15/h3-8,10,12,22H,9,11H2,1-2H3,(H2,19,20,21). The number of rotatable bonds is 6. The maximum Gasteiger partial charge on any atom is 0.315 e. The molecule has 0 aliphatic carbocycles. The lowest BCUT2D eigenvalue weighted by atomic mass is 10.1. The van der Waals surface area contributed by atoms with Gasteiger partial charge in [0.05, 0.1) is 6.54 Å². The average Bonchev–Trinajstić information content (AvgIpc) is 3.00. The van der Waals surface area contributed by atoms with Crippen LogP contribution in [0.5, 0.6) is 0 Å². The van der Waals surface area contributed by atoms with E-state index in [1.54, 1.807) is 13.0 Å². The molecule has 2 aromatic rings. The first-order chi connectivity index (χ1) is 10.9. The quantitative estimate of drug-likeness (QED) is 0.759. The van der Waals surface area contributed by atoms with Crippen molar-refractivity contribution in [2.45, 2.75) is 31.9 Å². The van der Waals surface area contributed by atoms with E-state index in [9.17, 15) is 14.3 Å². The highest BCUT2D eigenvalue weighted by Gasteiger charge is 2.25. The van der Waals surface area contributed by atoms with E-state index in [0.717, 1.165) is 10.4 Å². The second-order valence-electron chi connectivity index (χ2n) is 5.81. The van der Waals surface area contributed by atoms with Gasteiger partial charge in [0.15, 0.2) is 0 Å². The van der Waals surface area contributed by atoms with Crippen molar-refractivity contribution in [1.29, 1.82) is 0 Å². The number of carbonyl (C=O) groups is 1. The molecule has 3 N–H and O–H groups in total. The van der Waals surface area contributed by atoms with Crippen LogP contribution in [-0.4, -0.2) is 23.7 Å². The van der Waals surface area contributed by atoms with Crippen LogP contribution in [0.2, 0.25) is 0 Å². The zero-order valence-corrected chi connectivity index (χ0v) is 14.0. The van der Waals surface area contributed by atoms with Gasteiger partial charge < -0.3 is 15.7 Å². The number of hydrogen-bond acceptors (Lipinski definition) is 3. The molecule has 1 aromatic carbocycles. The number of hydrogen-bond donors (Lipinski definition) is 3. The number of nitrogens with one attached hydrogen (secondary N) is 2. The molecule has 0 spiro atoms. The first kappa shape index (κ1) is 17.4. The number of halogens is 1. The number of benzene rings is 1. The van der Waals surface area contributed by atoms with Gasteiger partial charge in [0.2, 0.25) is 0 Å². The molecule has 6 heteroatoms. The third-order valence-corrected chi connectivity index (χ3v) is 4.58. The van der Waals surface area contributed by atoms with Gasteiger partial charge in [0, 0.05) is 10.9 Å². The maximum atomic E-state index is 13.1. The van der Waals surface area contributed by atoms with Gasteiger partial charge in [-0.2, -0.15) is 0 Å². The van der Waals surface area contributed by atoms with Crippen molar-refractivity contribution in [1.82, 2.24) is 10.6 Å². The summed E-state index contributed by atoms with van der Waals surface area (Å²) in [6.07, 6.45) is 0.534. The highest BCUT2D eigenvalue weighted by molar-refractivity contribution is 7.10. The normalized spacial score (nSPS) is 14.8. The van der Waals surface area contributed by atoms with Crippen LogP contribution >= 0.6 is 11.3 Å². The lowest BCUT2D eigenvalue weighted by Gasteiger charge is -2.23. The molecule has 4 nitrogen and oxygen atoms in total.